The Hall–Kier alpha value is -1.77. The van der Waals surface area contributed by atoms with E-state index in [0.29, 0.717) is 13.0 Å². The zero-order valence-corrected chi connectivity index (χ0v) is 13.9. The number of carbonyl (C=O) groups is 1. The van der Waals surface area contributed by atoms with Crippen molar-refractivity contribution in [2.45, 2.75) is 13.3 Å². The molecule has 1 amide bonds. The molecule has 8 heteroatoms. The van der Waals surface area contributed by atoms with Crippen LogP contribution in [0.2, 0.25) is 0 Å². The van der Waals surface area contributed by atoms with Crippen LogP contribution < -0.4 is 10.0 Å². The van der Waals surface area contributed by atoms with Gasteiger partial charge < -0.3 is 5.32 Å². The molecule has 0 aliphatic rings. The van der Waals surface area contributed by atoms with Crippen molar-refractivity contribution >= 4 is 33.0 Å². The number of carbonyl (C=O) groups excluding carboxylic acids is 1. The molecule has 22 heavy (non-hydrogen) atoms. The average Bonchev–Trinajstić information content (AvgIpc) is 2.86. The first-order valence-electron chi connectivity index (χ1n) is 6.60. The molecule has 6 nitrogen and oxygen atoms in total. The highest BCUT2D eigenvalue weighted by atomic mass is 32.2. The van der Waals surface area contributed by atoms with E-state index in [-0.39, 0.29) is 5.91 Å². The molecule has 2 rings (SSSR count). The molecule has 0 aliphatic heterocycles. The van der Waals surface area contributed by atoms with Crippen molar-refractivity contribution in [2.24, 2.45) is 0 Å². The summed E-state index contributed by atoms with van der Waals surface area (Å²) < 4.78 is 24.4. The van der Waals surface area contributed by atoms with E-state index < -0.39 is 10.0 Å². The summed E-state index contributed by atoms with van der Waals surface area (Å²) in [5, 5.41) is 5.49. The number of rotatable bonds is 6. The summed E-state index contributed by atoms with van der Waals surface area (Å²) in [5.74, 6) is -0.109. The third-order valence-corrected chi connectivity index (χ3v) is 4.42. The van der Waals surface area contributed by atoms with Crippen LogP contribution in [0.3, 0.4) is 0 Å². The number of nitrogens with one attached hydrogen (secondary N) is 2. The van der Waals surface area contributed by atoms with Gasteiger partial charge in [-0.15, -0.1) is 11.3 Å². The topological polar surface area (TPSA) is 88.2 Å². The quantitative estimate of drug-likeness (QED) is 0.841. The fraction of sp³-hybridized carbons (Fsp3) is 0.286. The van der Waals surface area contributed by atoms with E-state index in [1.165, 1.54) is 18.3 Å². The van der Waals surface area contributed by atoms with Crippen LogP contribution in [-0.2, 0) is 21.2 Å². The van der Waals surface area contributed by atoms with Gasteiger partial charge in [0.2, 0.25) is 15.9 Å². The summed E-state index contributed by atoms with van der Waals surface area (Å²) in [6.45, 7) is 1.80. The molecule has 0 radical (unpaired) electrons. The third-order valence-electron chi connectivity index (χ3n) is 2.75. The number of aromatic nitrogens is 1. The van der Waals surface area contributed by atoms with Crippen LogP contribution in [0, 0.1) is 0 Å². The Balaban J connectivity index is 2.00. The Morgan fingerprint density at radius 2 is 1.95 bits per heavy atom. The molecule has 0 fully saturated rings. The van der Waals surface area contributed by atoms with Gasteiger partial charge in [0, 0.05) is 36.5 Å². The number of nitrogens with zero attached hydrogens (tertiary/aromatic N) is 1. The van der Waals surface area contributed by atoms with Gasteiger partial charge in [0.15, 0.2) is 0 Å². The third kappa shape index (κ3) is 5.21. The minimum atomic E-state index is -3.16. The van der Waals surface area contributed by atoms with E-state index in [1.54, 1.807) is 0 Å². The fourth-order valence-electron chi connectivity index (χ4n) is 1.82. The summed E-state index contributed by atoms with van der Waals surface area (Å²) >= 11 is 1.50. The second-order valence-corrected chi connectivity index (χ2v) is 7.51. The molecule has 118 valence electrons. The van der Waals surface area contributed by atoms with Crippen LogP contribution in [0.1, 0.15) is 12.6 Å². The number of benzene rings is 1. The molecule has 0 spiro atoms. The zero-order chi connectivity index (χ0) is 16.2. The van der Waals surface area contributed by atoms with Gasteiger partial charge in [-0.1, -0.05) is 0 Å². The number of sulfonamides is 1. The Labute approximate surface area is 133 Å². The van der Waals surface area contributed by atoms with Gasteiger partial charge >= 0.3 is 0 Å². The van der Waals surface area contributed by atoms with E-state index in [4.69, 9.17) is 0 Å². The molecule has 0 saturated carbocycles. The van der Waals surface area contributed by atoms with Crippen LogP contribution in [0.5, 0.6) is 0 Å². The maximum Gasteiger partial charge on any atom is 0.221 e. The molecule has 0 atom stereocenters. The number of thiazole rings is 1. The van der Waals surface area contributed by atoms with Gasteiger partial charge in [-0.25, -0.2) is 18.1 Å². The van der Waals surface area contributed by atoms with Gasteiger partial charge in [0.05, 0.1) is 11.9 Å². The van der Waals surface area contributed by atoms with Crippen molar-refractivity contribution in [3.8, 4) is 10.6 Å². The predicted molar refractivity (Wildman–Crippen MR) is 88.4 cm³/mol. The van der Waals surface area contributed by atoms with E-state index in [1.807, 2.05) is 29.6 Å². The average molecular weight is 339 g/mol. The Morgan fingerprint density at radius 3 is 2.55 bits per heavy atom. The lowest BCUT2D eigenvalue weighted by atomic mass is 10.2. The zero-order valence-electron chi connectivity index (χ0n) is 12.3. The summed E-state index contributed by atoms with van der Waals surface area (Å²) in [7, 11) is -3.16. The fourth-order valence-corrected chi connectivity index (χ4v) is 3.15. The highest BCUT2D eigenvalue weighted by Crippen LogP contribution is 2.25. The lowest BCUT2D eigenvalue weighted by Gasteiger charge is -2.02. The Morgan fingerprint density at radius 1 is 1.27 bits per heavy atom. The summed E-state index contributed by atoms with van der Waals surface area (Å²) in [6, 6.07) is 7.43. The Bertz CT molecular complexity index is 752. The van der Waals surface area contributed by atoms with Gasteiger partial charge in [0.25, 0.3) is 0 Å². The van der Waals surface area contributed by atoms with Crippen molar-refractivity contribution in [2.75, 3.05) is 18.1 Å². The normalized spacial score (nSPS) is 11.4. The monoisotopic (exact) mass is 339 g/mol. The van der Waals surface area contributed by atoms with E-state index >= 15 is 0 Å². The molecule has 2 N–H and O–H groups in total. The molecule has 0 bridgehead atoms. The largest absolute Gasteiger partial charge is 0.326 e. The van der Waals surface area contributed by atoms with Gasteiger partial charge in [-0.05, 0) is 24.3 Å². The van der Waals surface area contributed by atoms with E-state index in [2.05, 4.69) is 15.0 Å². The predicted octanol–water partition coefficient (Wildman–Crippen LogP) is 1.86. The highest BCUT2D eigenvalue weighted by molar-refractivity contribution is 7.88. The van der Waals surface area contributed by atoms with Crippen LogP contribution in [0.25, 0.3) is 10.6 Å². The first-order valence-corrected chi connectivity index (χ1v) is 9.38. The van der Waals surface area contributed by atoms with Crippen molar-refractivity contribution in [3.05, 3.63) is 35.3 Å². The smallest absolute Gasteiger partial charge is 0.221 e. The number of hydrogen-bond acceptors (Lipinski definition) is 5. The molecule has 0 saturated heterocycles. The van der Waals surface area contributed by atoms with Gasteiger partial charge in [0.1, 0.15) is 5.01 Å². The van der Waals surface area contributed by atoms with Crippen LogP contribution in [-0.4, -0.2) is 32.1 Å². The van der Waals surface area contributed by atoms with E-state index in [9.17, 15) is 13.2 Å². The van der Waals surface area contributed by atoms with E-state index in [0.717, 1.165) is 28.2 Å². The summed E-state index contributed by atoms with van der Waals surface area (Å²) in [5.41, 5.74) is 2.55. The van der Waals surface area contributed by atoms with Crippen molar-refractivity contribution in [3.63, 3.8) is 0 Å². The molecule has 2 aromatic rings. The second kappa shape index (κ2) is 6.99. The summed E-state index contributed by atoms with van der Waals surface area (Å²) in [4.78, 5) is 15.5. The maximum atomic E-state index is 11.0. The van der Waals surface area contributed by atoms with Crippen LogP contribution >= 0.6 is 11.3 Å². The SMILES string of the molecule is CC(=O)Nc1ccc(-c2nc(CCNS(C)(=O)=O)cs2)cc1. The maximum absolute atomic E-state index is 11.0. The molecule has 0 aliphatic carbocycles. The minimum Gasteiger partial charge on any atom is -0.326 e. The second-order valence-electron chi connectivity index (χ2n) is 4.82. The lowest BCUT2D eigenvalue weighted by molar-refractivity contribution is -0.114. The molecule has 1 aromatic carbocycles. The minimum absolute atomic E-state index is 0.109. The van der Waals surface area contributed by atoms with Gasteiger partial charge in [-0.2, -0.15) is 0 Å². The number of anilines is 1. The summed E-state index contributed by atoms with van der Waals surface area (Å²) in [6.07, 6.45) is 1.68. The van der Waals surface area contributed by atoms with Crippen molar-refractivity contribution in [1.82, 2.24) is 9.71 Å². The molecule has 0 unspecified atom stereocenters. The number of amides is 1. The standard InChI is InChI=1S/C14H17N3O3S2/c1-10(18)16-12-5-3-11(4-6-12)14-17-13(9-21-14)7-8-15-22(2,19)20/h3-6,9,15H,7-8H2,1-2H3,(H,16,18). The molecular weight excluding hydrogens is 322 g/mol. The number of hydrogen-bond donors (Lipinski definition) is 2. The molecule has 1 aromatic heterocycles. The first-order chi connectivity index (χ1) is 10.3. The van der Waals surface area contributed by atoms with Crippen LogP contribution in [0.15, 0.2) is 29.6 Å². The Kier molecular flexibility index (Phi) is 5.28. The van der Waals surface area contributed by atoms with Crippen LogP contribution in [0.4, 0.5) is 5.69 Å². The van der Waals surface area contributed by atoms with Crippen molar-refractivity contribution in [1.29, 1.82) is 0 Å². The first kappa shape index (κ1) is 16.6. The molecule has 1 heterocycles. The highest BCUT2D eigenvalue weighted by Gasteiger charge is 2.06. The van der Waals surface area contributed by atoms with Gasteiger partial charge in [-0.3, -0.25) is 4.79 Å². The lowest BCUT2D eigenvalue weighted by Crippen LogP contribution is -2.24. The van der Waals surface area contributed by atoms with Crippen molar-refractivity contribution < 1.29 is 13.2 Å². The molecular formula is C14H17N3O3S2.